The number of allylic oxidation sites excluding steroid dienone is 2. The lowest BCUT2D eigenvalue weighted by atomic mass is 9.96. The van der Waals surface area contributed by atoms with Gasteiger partial charge in [-0.3, -0.25) is 0 Å². The van der Waals surface area contributed by atoms with E-state index in [1.54, 1.807) is 0 Å². The van der Waals surface area contributed by atoms with E-state index in [1.165, 1.54) is 18.4 Å². The van der Waals surface area contributed by atoms with Crippen LogP contribution in [0.2, 0.25) is 0 Å². The Kier molecular flexibility index (Phi) is 1.31. The maximum Gasteiger partial charge on any atom is 0.190 e. The summed E-state index contributed by atoms with van der Waals surface area (Å²) in [6, 6.07) is 0.443. The first-order valence-corrected chi connectivity index (χ1v) is 3.67. The van der Waals surface area contributed by atoms with Crippen molar-refractivity contribution in [1.29, 1.82) is 0 Å². The molecule has 1 atom stereocenters. The number of rotatable bonds is 0. The van der Waals surface area contributed by atoms with Gasteiger partial charge in [0, 0.05) is 6.08 Å². The van der Waals surface area contributed by atoms with Crippen LogP contribution in [0.1, 0.15) is 12.8 Å². The molecule has 2 heteroatoms. The van der Waals surface area contributed by atoms with Crippen molar-refractivity contribution < 1.29 is 5.10 Å². The maximum atomic E-state index is 3.16. The fraction of sp³-hybridized carbons (Fsp3) is 0.375. The molecule has 1 heterocycles. The molecule has 0 saturated heterocycles. The van der Waals surface area contributed by atoms with Crippen LogP contribution >= 0.6 is 0 Å². The maximum absolute atomic E-state index is 3.16. The largest absolute Gasteiger partial charge is 0.190 e. The molecular weight excluding hydrogens is 124 g/mol. The number of fused-ring (bicyclic) bond motifs is 1. The lowest BCUT2D eigenvalue weighted by Gasteiger charge is -2.18. The normalized spacial score (nSPS) is 28.8. The highest BCUT2D eigenvalue weighted by atomic mass is 15.3. The van der Waals surface area contributed by atoms with Crippen molar-refractivity contribution in [3.63, 3.8) is 0 Å². The van der Waals surface area contributed by atoms with E-state index in [9.17, 15) is 0 Å². The molecule has 0 aromatic rings. The fourth-order valence-corrected chi connectivity index (χ4v) is 1.38. The van der Waals surface area contributed by atoms with Crippen molar-refractivity contribution in [3.8, 4) is 0 Å². The first-order valence-electron chi connectivity index (χ1n) is 3.67. The van der Waals surface area contributed by atoms with Gasteiger partial charge < -0.3 is 0 Å². The molecule has 2 aliphatic rings. The van der Waals surface area contributed by atoms with Crippen molar-refractivity contribution in [1.82, 2.24) is 5.43 Å². The highest BCUT2D eigenvalue weighted by Gasteiger charge is 2.16. The minimum atomic E-state index is 0.443. The Morgan fingerprint density at radius 2 is 2.60 bits per heavy atom. The van der Waals surface area contributed by atoms with Crippen LogP contribution in [-0.2, 0) is 0 Å². The van der Waals surface area contributed by atoms with E-state index in [2.05, 4.69) is 28.8 Å². The van der Waals surface area contributed by atoms with Crippen LogP contribution < -0.4 is 10.5 Å². The predicted octanol–water partition coefficient (Wildman–Crippen LogP) is -0.699. The lowest BCUT2D eigenvalue weighted by molar-refractivity contribution is -0.526. The summed E-state index contributed by atoms with van der Waals surface area (Å²) in [5, 5.41) is 2.98. The summed E-state index contributed by atoms with van der Waals surface area (Å²) in [6.07, 6.45) is 10.9. The van der Waals surface area contributed by atoms with Gasteiger partial charge in [-0.25, -0.2) is 0 Å². The van der Waals surface area contributed by atoms with Crippen LogP contribution in [0.4, 0.5) is 0 Å². The van der Waals surface area contributed by atoms with Crippen molar-refractivity contribution in [2.75, 3.05) is 0 Å². The van der Waals surface area contributed by atoms with Gasteiger partial charge in [-0.2, -0.15) is 5.43 Å². The van der Waals surface area contributed by atoms with E-state index < -0.39 is 0 Å². The van der Waals surface area contributed by atoms with E-state index in [-0.39, 0.29) is 0 Å². The van der Waals surface area contributed by atoms with Gasteiger partial charge in [0.1, 0.15) is 6.04 Å². The molecule has 0 aromatic carbocycles. The molecule has 0 aromatic heterocycles. The van der Waals surface area contributed by atoms with E-state index in [0.29, 0.717) is 6.04 Å². The van der Waals surface area contributed by atoms with Crippen molar-refractivity contribution in [2.45, 2.75) is 18.9 Å². The molecule has 0 radical (unpaired) electrons. The Labute approximate surface area is 60.3 Å². The average molecular weight is 135 g/mol. The summed E-state index contributed by atoms with van der Waals surface area (Å²) < 4.78 is 0. The first-order chi connectivity index (χ1) is 4.97. The second-order valence-corrected chi connectivity index (χ2v) is 2.64. The van der Waals surface area contributed by atoms with Crippen LogP contribution in [0.25, 0.3) is 0 Å². The predicted molar refractivity (Wildman–Crippen MR) is 40.4 cm³/mol. The minimum absolute atomic E-state index is 0.443. The lowest BCUT2D eigenvalue weighted by Crippen LogP contribution is -2.83. The van der Waals surface area contributed by atoms with E-state index >= 15 is 0 Å². The van der Waals surface area contributed by atoms with E-state index in [1.807, 2.05) is 6.21 Å². The van der Waals surface area contributed by atoms with Gasteiger partial charge in [0.25, 0.3) is 0 Å². The van der Waals surface area contributed by atoms with Crippen LogP contribution in [0, 0.1) is 0 Å². The molecule has 0 spiro atoms. The van der Waals surface area contributed by atoms with Gasteiger partial charge in [0.15, 0.2) is 6.21 Å². The molecule has 0 fully saturated rings. The number of hydrogen-bond donors (Lipinski definition) is 2. The molecule has 0 amide bonds. The first kappa shape index (κ1) is 5.71. The zero-order valence-corrected chi connectivity index (χ0v) is 5.80. The molecule has 2 rings (SSSR count). The van der Waals surface area contributed by atoms with Crippen molar-refractivity contribution in [3.05, 3.63) is 23.8 Å². The standard InChI is InChI=1S/C8H10N2/c1-2-4-8-7(3-1)5-6-9-10-8/h2,4-6,8,10H,1,3H2/p+1. The molecule has 2 nitrogen and oxygen atoms in total. The van der Waals surface area contributed by atoms with Crippen molar-refractivity contribution >= 4 is 6.21 Å². The molecule has 1 aliphatic heterocycles. The number of hydrogen-bond acceptors (Lipinski definition) is 1. The van der Waals surface area contributed by atoms with Gasteiger partial charge in [-0.15, -0.1) is 5.10 Å². The summed E-state index contributed by atoms with van der Waals surface area (Å²) in [4.78, 5) is 0. The molecule has 0 bridgehead atoms. The zero-order valence-electron chi connectivity index (χ0n) is 5.80. The molecule has 1 aliphatic carbocycles. The highest BCUT2D eigenvalue weighted by molar-refractivity contribution is 5.68. The molecule has 0 saturated carbocycles. The van der Waals surface area contributed by atoms with Crippen molar-refractivity contribution in [2.24, 2.45) is 0 Å². The third kappa shape index (κ3) is 0.856. The molecule has 10 heavy (non-hydrogen) atoms. The molecule has 1 unspecified atom stereocenters. The monoisotopic (exact) mass is 135 g/mol. The van der Waals surface area contributed by atoms with Crippen LogP contribution in [0.15, 0.2) is 23.8 Å². The van der Waals surface area contributed by atoms with E-state index in [0.717, 1.165) is 0 Å². The summed E-state index contributed by atoms with van der Waals surface area (Å²) in [5.74, 6) is 0. The smallest absolute Gasteiger partial charge is 0.189 e. The Bertz CT molecular complexity index is 213. The fourth-order valence-electron chi connectivity index (χ4n) is 1.38. The molecular formula is C8H11N2+. The topological polar surface area (TPSA) is 26.0 Å². The number of hydrazone groups is 1. The third-order valence-electron chi connectivity index (χ3n) is 1.95. The Morgan fingerprint density at radius 3 is 3.50 bits per heavy atom. The molecule has 52 valence electrons. The summed E-state index contributed by atoms with van der Waals surface area (Å²) >= 11 is 0. The van der Waals surface area contributed by atoms with Crippen LogP contribution in [-0.4, -0.2) is 12.3 Å². The second-order valence-electron chi connectivity index (χ2n) is 2.64. The quantitative estimate of drug-likeness (QED) is 0.422. The van der Waals surface area contributed by atoms with Crippen LogP contribution in [0.3, 0.4) is 0 Å². The summed E-state index contributed by atoms with van der Waals surface area (Å²) in [7, 11) is 0. The van der Waals surface area contributed by atoms with Gasteiger partial charge in [0.2, 0.25) is 0 Å². The highest BCUT2D eigenvalue weighted by Crippen LogP contribution is 2.16. The Hall–Kier alpha value is -1.05. The summed E-state index contributed by atoms with van der Waals surface area (Å²) in [5.41, 5.74) is 4.65. The van der Waals surface area contributed by atoms with Gasteiger partial charge in [-0.1, -0.05) is 12.2 Å². The summed E-state index contributed by atoms with van der Waals surface area (Å²) in [6.45, 7) is 0. The van der Waals surface area contributed by atoms with Gasteiger partial charge >= 0.3 is 0 Å². The zero-order chi connectivity index (χ0) is 6.81. The second kappa shape index (κ2) is 2.29. The van der Waals surface area contributed by atoms with Gasteiger partial charge in [0.05, 0.1) is 0 Å². The number of hydrazine groups is 1. The minimum Gasteiger partial charge on any atom is -0.189 e. The Balaban J connectivity index is 2.26. The molecule has 2 N–H and O–H groups in total. The van der Waals surface area contributed by atoms with E-state index in [4.69, 9.17) is 0 Å². The van der Waals surface area contributed by atoms with Crippen LogP contribution in [0.5, 0.6) is 0 Å². The Morgan fingerprint density at radius 1 is 1.60 bits per heavy atom. The van der Waals surface area contributed by atoms with Gasteiger partial charge in [-0.05, 0) is 18.4 Å². The SMILES string of the molecule is C1=CC2N[NH+]=CC=C2CC1. The average Bonchev–Trinajstić information content (AvgIpc) is 2.05. The number of nitrogens with one attached hydrogen (secondary N) is 2. The third-order valence-corrected chi connectivity index (χ3v) is 1.95.